The number of benzene rings is 2. The van der Waals surface area contributed by atoms with Crippen LogP contribution in [0.1, 0.15) is 34.3 Å². The molecule has 1 heterocycles. The quantitative estimate of drug-likeness (QED) is 0.698. The molecule has 1 saturated heterocycles. The standard InChI is InChI=1S/C22H29N3O4S/c1-24(2)30(28,29)21-9-7-19(8-10-21)22(27)23-15-17-3-5-18(6-4-17)16-25-13-11-20(26)12-14-25/h3-10,20,26H,11-16H2,1-2H3,(H,23,27). The molecule has 1 aliphatic rings. The highest BCUT2D eigenvalue weighted by atomic mass is 32.2. The van der Waals surface area contributed by atoms with Gasteiger partial charge in [-0.3, -0.25) is 9.69 Å². The maximum atomic E-state index is 12.4. The van der Waals surface area contributed by atoms with Crippen molar-refractivity contribution in [3.8, 4) is 0 Å². The van der Waals surface area contributed by atoms with E-state index in [4.69, 9.17) is 0 Å². The van der Waals surface area contributed by atoms with Gasteiger partial charge in [-0.1, -0.05) is 24.3 Å². The monoisotopic (exact) mass is 431 g/mol. The molecule has 0 saturated carbocycles. The van der Waals surface area contributed by atoms with Crippen LogP contribution < -0.4 is 5.32 Å². The second-order valence-corrected chi connectivity index (χ2v) is 9.97. The lowest BCUT2D eigenvalue weighted by Gasteiger charge is -2.29. The minimum atomic E-state index is -3.51. The first kappa shape index (κ1) is 22.4. The fourth-order valence-electron chi connectivity index (χ4n) is 3.37. The van der Waals surface area contributed by atoms with Gasteiger partial charge in [-0.2, -0.15) is 0 Å². The van der Waals surface area contributed by atoms with Crippen LogP contribution in [0.5, 0.6) is 0 Å². The summed E-state index contributed by atoms with van der Waals surface area (Å²) in [4.78, 5) is 14.9. The van der Waals surface area contributed by atoms with Crippen LogP contribution in [0.4, 0.5) is 0 Å². The Hall–Kier alpha value is -2.26. The number of sulfonamides is 1. The van der Waals surface area contributed by atoms with Crippen molar-refractivity contribution in [2.75, 3.05) is 27.2 Å². The van der Waals surface area contributed by atoms with E-state index in [-0.39, 0.29) is 16.9 Å². The zero-order valence-electron chi connectivity index (χ0n) is 17.4. The van der Waals surface area contributed by atoms with Crippen molar-refractivity contribution in [2.45, 2.75) is 36.9 Å². The van der Waals surface area contributed by atoms with Crippen LogP contribution in [0.3, 0.4) is 0 Å². The molecular formula is C22H29N3O4S. The summed E-state index contributed by atoms with van der Waals surface area (Å²) in [6.07, 6.45) is 1.49. The molecule has 2 aromatic rings. The van der Waals surface area contributed by atoms with E-state index in [1.54, 1.807) is 0 Å². The summed E-state index contributed by atoms with van der Waals surface area (Å²) >= 11 is 0. The molecule has 0 bridgehead atoms. The van der Waals surface area contributed by atoms with Crippen LogP contribution in [0.2, 0.25) is 0 Å². The molecule has 8 heteroatoms. The van der Waals surface area contributed by atoms with E-state index in [9.17, 15) is 18.3 Å². The molecule has 2 aromatic carbocycles. The second-order valence-electron chi connectivity index (χ2n) is 7.82. The molecule has 30 heavy (non-hydrogen) atoms. The van der Waals surface area contributed by atoms with Gasteiger partial charge in [0.05, 0.1) is 11.0 Å². The Bertz CT molecular complexity index is 949. The van der Waals surface area contributed by atoms with E-state index in [2.05, 4.69) is 22.3 Å². The summed E-state index contributed by atoms with van der Waals surface area (Å²) < 4.78 is 25.3. The predicted octanol–water partition coefficient (Wildman–Crippen LogP) is 1.82. The Balaban J connectivity index is 1.52. The lowest BCUT2D eigenvalue weighted by Crippen LogP contribution is -2.35. The third kappa shape index (κ3) is 5.66. The highest BCUT2D eigenvalue weighted by Crippen LogP contribution is 2.15. The second kappa shape index (κ2) is 9.70. The molecule has 0 radical (unpaired) electrons. The third-order valence-corrected chi connectivity index (χ3v) is 7.16. The van der Waals surface area contributed by atoms with Crippen molar-refractivity contribution < 1.29 is 18.3 Å². The number of piperidine rings is 1. The van der Waals surface area contributed by atoms with Gasteiger partial charge in [0.1, 0.15) is 0 Å². The fraction of sp³-hybridized carbons (Fsp3) is 0.409. The van der Waals surface area contributed by atoms with Crippen LogP contribution in [0.25, 0.3) is 0 Å². The number of aliphatic hydroxyl groups excluding tert-OH is 1. The first-order valence-corrected chi connectivity index (χ1v) is 11.5. The Kier molecular flexibility index (Phi) is 7.25. The molecule has 7 nitrogen and oxygen atoms in total. The Morgan fingerprint density at radius 3 is 2.17 bits per heavy atom. The maximum Gasteiger partial charge on any atom is 0.251 e. The molecule has 162 valence electrons. The number of nitrogens with one attached hydrogen (secondary N) is 1. The SMILES string of the molecule is CN(C)S(=O)(=O)c1ccc(C(=O)NCc2ccc(CN3CCC(O)CC3)cc2)cc1. The predicted molar refractivity (Wildman–Crippen MR) is 115 cm³/mol. The first-order valence-electron chi connectivity index (χ1n) is 10.0. The lowest BCUT2D eigenvalue weighted by atomic mass is 10.1. The number of carbonyl (C=O) groups excluding carboxylic acids is 1. The summed E-state index contributed by atoms with van der Waals surface area (Å²) in [5.41, 5.74) is 2.61. The highest BCUT2D eigenvalue weighted by molar-refractivity contribution is 7.89. The fourth-order valence-corrected chi connectivity index (χ4v) is 4.27. The lowest BCUT2D eigenvalue weighted by molar-refractivity contribution is 0.0792. The van der Waals surface area contributed by atoms with Crippen LogP contribution in [0, 0.1) is 0 Å². The van der Waals surface area contributed by atoms with Crippen LogP contribution >= 0.6 is 0 Å². The summed E-state index contributed by atoms with van der Waals surface area (Å²) in [6, 6.07) is 14.1. The average molecular weight is 432 g/mol. The largest absolute Gasteiger partial charge is 0.393 e. The number of hydrogen-bond donors (Lipinski definition) is 2. The average Bonchev–Trinajstić information content (AvgIpc) is 2.74. The van der Waals surface area contributed by atoms with Crippen molar-refractivity contribution in [3.05, 3.63) is 65.2 Å². The van der Waals surface area contributed by atoms with E-state index in [0.717, 1.165) is 42.3 Å². The van der Waals surface area contributed by atoms with Crippen LogP contribution in [-0.2, 0) is 23.1 Å². The van der Waals surface area contributed by atoms with E-state index >= 15 is 0 Å². The molecule has 0 spiro atoms. The minimum absolute atomic E-state index is 0.155. The van der Waals surface area contributed by atoms with Gasteiger partial charge in [0, 0.05) is 45.8 Å². The van der Waals surface area contributed by atoms with Crippen molar-refractivity contribution in [2.24, 2.45) is 0 Å². The Morgan fingerprint density at radius 1 is 1.03 bits per heavy atom. The molecule has 2 N–H and O–H groups in total. The molecule has 3 rings (SSSR count). The van der Waals surface area contributed by atoms with E-state index in [0.29, 0.717) is 12.1 Å². The molecule has 0 aromatic heterocycles. The van der Waals surface area contributed by atoms with E-state index in [1.165, 1.54) is 43.9 Å². The van der Waals surface area contributed by atoms with E-state index < -0.39 is 10.0 Å². The zero-order valence-corrected chi connectivity index (χ0v) is 18.2. The Morgan fingerprint density at radius 2 is 1.60 bits per heavy atom. The number of nitrogens with zero attached hydrogens (tertiary/aromatic N) is 2. The molecule has 0 unspecified atom stereocenters. The molecule has 0 atom stereocenters. The molecule has 0 aliphatic carbocycles. The van der Waals surface area contributed by atoms with Crippen LogP contribution in [-0.4, -0.2) is 61.9 Å². The molecule has 1 fully saturated rings. The van der Waals surface area contributed by atoms with Crippen molar-refractivity contribution in [1.29, 1.82) is 0 Å². The zero-order chi connectivity index (χ0) is 21.7. The van der Waals surface area contributed by atoms with Gasteiger partial charge in [-0.25, -0.2) is 12.7 Å². The summed E-state index contributed by atoms with van der Waals surface area (Å²) in [7, 11) is -0.566. The summed E-state index contributed by atoms with van der Waals surface area (Å²) in [5, 5.41) is 12.5. The van der Waals surface area contributed by atoms with E-state index in [1.807, 2.05) is 12.1 Å². The normalized spacial score (nSPS) is 16.0. The van der Waals surface area contributed by atoms with Crippen molar-refractivity contribution in [3.63, 3.8) is 0 Å². The van der Waals surface area contributed by atoms with Gasteiger partial charge in [-0.15, -0.1) is 0 Å². The smallest absolute Gasteiger partial charge is 0.251 e. The number of carbonyl (C=O) groups is 1. The molecule has 1 aliphatic heterocycles. The van der Waals surface area contributed by atoms with Gasteiger partial charge in [0.15, 0.2) is 0 Å². The summed E-state index contributed by atoms with van der Waals surface area (Å²) in [5.74, 6) is -0.250. The maximum absolute atomic E-state index is 12.4. The van der Waals surface area contributed by atoms with Gasteiger partial charge >= 0.3 is 0 Å². The first-order chi connectivity index (χ1) is 14.3. The number of rotatable bonds is 7. The number of likely N-dealkylation sites (tertiary alicyclic amines) is 1. The van der Waals surface area contributed by atoms with Gasteiger partial charge in [0.2, 0.25) is 10.0 Å². The summed E-state index contributed by atoms with van der Waals surface area (Å²) in [6.45, 7) is 3.08. The number of aliphatic hydroxyl groups is 1. The Labute approximate surface area is 178 Å². The van der Waals surface area contributed by atoms with Crippen LogP contribution in [0.15, 0.2) is 53.4 Å². The molecule has 1 amide bonds. The molecular weight excluding hydrogens is 402 g/mol. The van der Waals surface area contributed by atoms with Gasteiger partial charge < -0.3 is 10.4 Å². The third-order valence-electron chi connectivity index (χ3n) is 5.33. The van der Waals surface area contributed by atoms with Crippen molar-refractivity contribution in [1.82, 2.24) is 14.5 Å². The number of amides is 1. The topological polar surface area (TPSA) is 90.0 Å². The van der Waals surface area contributed by atoms with Gasteiger partial charge in [-0.05, 0) is 48.2 Å². The highest BCUT2D eigenvalue weighted by Gasteiger charge is 2.18. The van der Waals surface area contributed by atoms with Gasteiger partial charge in [0.25, 0.3) is 5.91 Å². The van der Waals surface area contributed by atoms with Crippen molar-refractivity contribution >= 4 is 15.9 Å². The number of hydrogen-bond acceptors (Lipinski definition) is 5. The minimum Gasteiger partial charge on any atom is -0.393 e.